The van der Waals surface area contributed by atoms with E-state index in [1.807, 2.05) is 48.5 Å². The molecule has 0 aliphatic rings. The first-order valence-electron chi connectivity index (χ1n) is 13.0. The van der Waals surface area contributed by atoms with Gasteiger partial charge >= 0.3 is 0 Å². The van der Waals surface area contributed by atoms with Crippen molar-refractivity contribution in [1.29, 1.82) is 0 Å². The zero-order valence-corrected chi connectivity index (χ0v) is 24.1. The number of amides is 2. The molecule has 0 aliphatic heterocycles. The van der Waals surface area contributed by atoms with Gasteiger partial charge in [0, 0.05) is 17.3 Å². The Balaban J connectivity index is 1.32. The number of para-hydroxylation sites is 1. The zero-order chi connectivity index (χ0) is 29.8. The maximum absolute atomic E-state index is 13.3. The highest BCUT2D eigenvalue weighted by Gasteiger charge is 2.26. The Bertz CT molecular complexity index is 1600. The van der Waals surface area contributed by atoms with Crippen molar-refractivity contribution in [2.75, 3.05) is 25.0 Å². The molecule has 2 amide bonds. The van der Waals surface area contributed by atoms with Crippen molar-refractivity contribution in [2.45, 2.75) is 11.3 Å². The van der Waals surface area contributed by atoms with E-state index in [1.54, 1.807) is 36.4 Å². The SMILES string of the molecule is O=C(CN(CCc1ccccc1)S(=O)(=O)c1ccc(Cl)cc1)N/N=C/c1ccc(OCC(=O)Nc2ccccc2)cc1. The summed E-state index contributed by atoms with van der Waals surface area (Å²) in [4.78, 5) is 24.8. The summed E-state index contributed by atoms with van der Waals surface area (Å²) < 4.78 is 33.3. The largest absolute Gasteiger partial charge is 0.484 e. The molecule has 42 heavy (non-hydrogen) atoms. The number of hydrogen-bond acceptors (Lipinski definition) is 6. The van der Waals surface area contributed by atoms with Crippen LogP contribution < -0.4 is 15.5 Å². The van der Waals surface area contributed by atoms with Crippen LogP contribution in [-0.2, 0) is 26.0 Å². The quantitative estimate of drug-likeness (QED) is 0.169. The van der Waals surface area contributed by atoms with Crippen LogP contribution in [0.25, 0.3) is 0 Å². The van der Waals surface area contributed by atoms with Crippen LogP contribution in [0.15, 0.2) is 119 Å². The molecule has 0 aromatic heterocycles. The van der Waals surface area contributed by atoms with Gasteiger partial charge in [-0.1, -0.05) is 60.1 Å². The minimum atomic E-state index is -3.97. The lowest BCUT2D eigenvalue weighted by molar-refractivity contribution is -0.121. The minimum absolute atomic E-state index is 0.0381. The van der Waals surface area contributed by atoms with Crippen LogP contribution in [0.2, 0.25) is 5.02 Å². The van der Waals surface area contributed by atoms with E-state index < -0.39 is 22.5 Å². The van der Waals surface area contributed by atoms with Gasteiger partial charge in [0.25, 0.3) is 11.8 Å². The average molecular weight is 605 g/mol. The van der Waals surface area contributed by atoms with Crippen molar-refractivity contribution in [3.8, 4) is 5.75 Å². The summed E-state index contributed by atoms with van der Waals surface area (Å²) in [5, 5.41) is 7.11. The van der Waals surface area contributed by atoms with Crippen LogP contribution in [0.4, 0.5) is 5.69 Å². The molecular weight excluding hydrogens is 576 g/mol. The van der Waals surface area contributed by atoms with E-state index in [4.69, 9.17) is 16.3 Å². The molecule has 4 rings (SSSR count). The van der Waals surface area contributed by atoms with Crippen molar-refractivity contribution in [3.05, 3.63) is 125 Å². The van der Waals surface area contributed by atoms with E-state index in [-0.39, 0.29) is 24.0 Å². The van der Waals surface area contributed by atoms with Crippen molar-refractivity contribution >= 4 is 45.3 Å². The van der Waals surface area contributed by atoms with Gasteiger partial charge in [-0.25, -0.2) is 13.8 Å². The van der Waals surface area contributed by atoms with Gasteiger partial charge in [0.15, 0.2) is 6.61 Å². The topological polar surface area (TPSA) is 117 Å². The standard InChI is InChI=1S/C31H29ClN4O5S/c32-26-13-17-29(18-14-26)42(39,40)36(20-19-24-7-3-1-4-8-24)22-30(37)35-33-21-25-11-15-28(16-12-25)41-23-31(38)34-27-9-5-2-6-10-27/h1-18,21H,19-20,22-23H2,(H,34,38)(H,35,37)/b33-21+. The third-order valence-corrected chi connectivity index (χ3v) is 8.09. The second-order valence-electron chi connectivity index (χ2n) is 9.09. The number of carbonyl (C=O) groups is 2. The van der Waals surface area contributed by atoms with Crippen molar-refractivity contribution in [1.82, 2.24) is 9.73 Å². The highest BCUT2D eigenvalue weighted by molar-refractivity contribution is 7.89. The summed E-state index contributed by atoms with van der Waals surface area (Å²) in [5.74, 6) is -0.396. The third kappa shape index (κ3) is 9.27. The van der Waals surface area contributed by atoms with Crippen LogP contribution in [0.1, 0.15) is 11.1 Å². The molecular formula is C31H29ClN4O5S. The number of sulfonamides is 1. The van der Waals surface area contributed by atoms with E-state index in [0.29, 0.717) is 28.4 Å². The summed E-state index contributed by atoms with van der Waals surface area (Å²) in [6.07, 6.45) is 1.85. The highest BCUT2D eigenvalue weighted by Crippen LogP contribution is 2.19. The fourth-order valence-electron chi connectivity index (χ4n) is 3.83. The molecule has 0 spiro atoms. The second kappa shape index (κ2) is 14.9. The van der Waals surface area contributed by atoms with Gasteiger partial charge in [-0.3, -0.25) is 9.59 Å². The molecule has 0 saturated heterocycles. The minimum Gasteiger partial charge on any atom is -0.484 e. The fourth-order valence-corrected chi connectivity index (χ4v) is 5.35. The van der Waals surface area contributed by atoms with Gasteiger partial charge in [0.2, 0.25) is 10.0 Å². The molecule has 4 aromatic rings. The van der Waals surface area contributed by atoms with Crippen LogP contribution in [0.3, 0.4) is 0 Å². The van der Waals surface area contributed by atoms with Crippen LogP contribution in [-0.4, -0.2) is 50.4 Å². The first-order valence-corrected chi connectivity index (χ1v) is 14.8. The van der Waals surface area contributed by atoms with E-state index in [9.17, 15) is 18.0 Å². The third-order valence-electron chi connectivity index (χ3n) is 5.97. The number of anilines is 1. The number of rotatable bonds is 13. The Labute approximate surface area is 249 Å². The molecule has 9 nitrogen and oxygen atoms in total. The summed E-state index contributed by atoms with van der Waals surface area (Å²) >= 11 is 5.93. The lowest BCUT2D eigenvalue weighted by Crippen LogP contribution is -2.40. The molecule has 11 heteroatoms. The van der Waals surface area contributed by atoms with Crippen molar-refractivity contribution in [3.63, 3.8) is 0 Å². The number of nitrogens with one attached hydrogen (secondary N) is 2. The molecule has 216 valence electrons. The van der Waals surface area contributed by atoms with E-state index in [2.05, 4.69) is 15.8 Å². The monoisotopic (exact) mass is 604 g/mol. The van der Waals surface area contributed by atoms with Gasteiger partial charge < -0.3 is 10.1 Å². The molecule has 0 saturated carbocycles. The van der Waals surface area contributed by atoms with E-state index in [1.165, 1.54) is 30.5 Å². The maximum atomic E-state index is 13.3. The smallest absolute Gasteiger partial charge is 0.262 e. The zero-order valence-electron chi connectivity index (χ0n) is 22.5. The second-order valence-corrected chi connectivity index (χ2v) is 11.5. The van der Waals surface area contributed by atoms with Crippen LogP contribution >= 0.6 is 11.6 Å². The van der Waals surface area contributed by atoms with Crippen molar-refractivity contribution < 1.29 is 22.7 Å². The molecule has 0 aliphatic carbocycles. The lowest BCUT2D eigenvalue weighted by atomic mass is 10.1. The summed E-state index contributed by atoms with van der Waals surface area (Å²) in [6, 6.07) is 31.0. The average Bonchev–Trinajstić information content (AvgIpc) is 3.00. The normalized spacial score (nSPS) is 11.4. The lowest BCUT2D eigenvalue weighted by Gasteiger charge is -2.21. The number of benzene rings is 4. The van der Waals surface area contributed by atoms with Crippen LogP contribution in [0, 0.1) is 0 Å². The Hall–Kier alpha value is -4.51. The van der Waals surface area contributed by atoms with Gasteiger partial charge in [0.05, 0.1) is 17.7 Å². The van der Waals surface area contributed by atoms with Gasteiger partial charge in [-0.15, -0.1) is 0 Å². The van der Waals surface area contributed by atoms with Crippen LogP contribution in [0.5, 0.6) is 5.75 Å². The van der Waals surface area contributed by atoms with E-state index >= 15 is 0 Å². The van der Waals surface area contributed by atoms with Gasteiger partial charge in [0.1, 0.15) is 5.75 Å². The van der Waals surface area contributed by atoms with Crippen molar-refractivity contribution in [2.24, 2.45) is 5.10 Å². The molecule has 0 bridgehead atoms. The summed E-state index contributed by atoms with van der Waals surface area (Å²) in [6.45, 7) is -0.484. The number of hydrazone groups is 1. The summed E-state index contributed by atoms with van der Waals surface area (Å²) in [5.41, 5.74) is 4.67. The summed E-state index contributed by atoms with van der Waals surface area (Å²) in [7, 11) is -3.97. The predicted molar refractivity (Wildman–Crippen MR) is 163 cm³/mol. The van der Waals surface area contributed by atoms with Gasteiger partial charge in [-0.05, 0) is 78.2 Å². The highest BCUT2D eigenvalue weighted by atomic mass is 35.5. The van der Waals surface area contributed by atoms with Gasteiger partial charge in [-0.2, -0.15) is 9.41 Å². The number of ether oxygens (including phenoxy) is 1. The number of nitrogens with zero attached hydrogens (tertiary/aromatic N) is 2. The Morgan fingerprint density at radius 3 is 2.14 bits per heavy atom. The molecule has 0 heterocycles. The van der Waals surface area contributed by atoms with E-state index in [0.717, 1.165) is 9.87 Å². The predicted octanol–water partition coefficient (Wildman–Crippen LogP) is 4.74. The molecule has 0 unspecified atom stereocenters. The molecule has 0 radical (unpaired) electrons. The Kier molecular flexibility index (Phi) is 10.8. The fraction of sp³-hybridized carbons (Fsp3) is 0.129. The number of halogens is 1. The molecule has 2 N–H and O–H groups in total. The number of hydrogen-bond donors (Lipinski definition) is 2. The Morgan fingerprint density at radius 2 is 1.48 bits per heavy atom. The molecule has 0 atom stereocenters. The first kappa shape index (κ1) is 30.4. The molecule has 4 aromatic carbocycles. The molecule has 0 fully saturated rings. The number of carbonyl (C=O) groups excluding carboxylic acids is 2. The maximum Gasteiger partial charge on any atom is 0.262 e. The Morgan fingerprint density at radius 1 is 0.833 bits per heavy atom. The first-order chi connectivity index (χ1) is 20.3.